The lowest BCUT2D eigenvalue weighted by Gasteiger charge is -2.33. The number of benzene rings is 1. The summed E-state index contributed by atoms with van der Waals surface area (Å²) in [5.41, 5.74) is 6.95. The summed E-state index contributed by atoms with van der Waals surface area (Å²) >= 11 is 0. The summed E-state index contributed by atoms with van der Waals surface area (Å²) in [4.78, 5) is 16.7. The number of anilines is 1. The maximum Gasteiger partial charge on any atom is 0.241 e. The summed E-state index contributed by atoms with van der Waals surface area (Å²) in [6, 6.07) is 10.2. The minimum atomic E-state index is 0.153. The average molecular weight is 275 g/mol. The van der Waals surface area contributed by atoms with Crippen LogP contribution in [0.25, 0.3) is 0 Å². The van der Waals surface area contributed by atoms with E-state index in [9.17, 15) is 4.79 Å². The highest BCUT2D eigenvalue weighted by molar-refractivity contribution is 5.95. The molecule has 2 N–H and O–H groups in total. The first kappa shape index (κ1) is 15.0. The molecular weight excluding hydrogens is 250 g/mol. The first-order valence-corrected chi connectivity index (χ1v) is 7.43. The van der Waals surface area contributed by atoms with Crippen molar-refractivity contribution in [1.82, 2.24) is 4.90 Å². The molecule has 0 unspecified atom stereocenters. The van der Waals surface area contributed by atoms with Crippen molar-refractivity contribution in [3.8, 4) is 0 Å². The molecule has 1 aromatic rings. The molecule has 1 saturated heterocycles. The fourth-order valence-corrected chi connectivity index (χ4v) is 2.82. The predicted octanol–water partition coefficient (Wildman–Crippen LogP) is 1.85. The number of hydrogen-bond acceptors (Lipinski definition) is 3. The van der Waals surface area contributed by atoms with E-state index in [1.165, 1.54) is 0 Å². The average Bonchev–Trinajstić information content (AvgIpc) is 2.39. The van der Waals surface area contributed by atoms with Crippen LogP contribution in [0.3, 0.4) is 0 Å². The number of hydrogen-bond donors (Lipinski definition) is 1. The minimum Gasteiger partial charge on any atom is -0.327 e. The van der Waals surface area contributed by atoms with Crippen molar-refractivity contribution < 1.29 is 4.79 Å². The van der Waals surface area contributed by atoms with Gasteiger partial charge in [0.05, 0.1) is 6.54 Å². The maximum atomic E-state index is 12.6. The van der Waals surface area contributed by atoms with Crippen molar-refractivity contribution in [2.24, 2.45) is 5.73 Å². The quantitative estimate of drug-likeness (QED) is 0.912. The Labute approximate surface area is 121 Å². The molecule has 1 amide bonds. The van der Waals surface area contributed by atoms with Crippen LogP contribution in [-0.2, 0) is 4.79 Å². The molecule has 2 rings (SSSR count). The van der Waals surface area contributed by atoms with Gasteiger partial charge in [0.25, 0.3) is 0 Å². The van der Waals surface area contributed by atoms with E-state index >= 15 is 0 Å². The second-order valence-corrected chi connectivity index (χ2v) is 5.83. The van der Waals surface area contributed by atoms with Crippen molar-refractivity contribution in [2.45, 2.75) is 38.8 Å². The van der Waals surface area contributed by atoms with Crippen molar-refractivity contribution in [1.29, 1.82) is 0 Å². The minimum absolute atomic E-state index is 0.153. The van der Waals surface area contributed by atoms with E-state index in [2.05, 4.69) is 4.90 Å². The Hall–Kier alpha value is -1.39. The number of carbonyl (C=O) groups is 1. The van der Waals surface area contributed by atoms with Gasteiger partial charge in [-0.15, -0.1) is 0 Å². The molecule has 0 bridgehead atoms. The van der Waals surface area contributed by atoms with Crippen LogP contribution >= 0.6 is 0 Å². The van der Waals surface area contributed by atoms with Gasteiger partial charge in [0.1, 0.15) is 0 Å². The summed E-state index contributed by atoms with van der Waals surface area (Å²) in [5.74, 6) is 0.153. The van der Waals surface area contributed by atoms with Crippen LogP contribution in [0.2, 0.25) is 0 Å². The molecule has 1 aliphatic rings. The molecule has 0 radical (unpaired) electrons. The van der Waals surface area contributed by atoms with Gasteiger partial charge in [-0.3, -0.25) is 9.69 Å². The monoisotopic (exact) mass is 275 g/mol. The second-order valence-electron chi connectivity index (χ2n) is 5.83. The molecule has 1 aromatic carbocycles. The topological polar surface area (TPSA) is 49.6 Å². The van der Waals surface area contributed by atoms with Gasteiger partial charge in [-0.1, -0.05) is 18.2 Å². The standard InChI is InChI=1S/C16H25N3O/c1-13(2)19(15-8-4-3-5-9-15)16(20)12-18-10-6-7-14(17)11-18/h3-5,8-9,13-14H,6-7,10-12,17H2,1-2H3/t14-/m1/s1. The van der Waals surface area contributed by atoms with Crippen LogP contribution in [-0.4, -0.2) is 42.5 Å². The Morgan fingerprint density at radius 3 is 2.70 bits per heavy atom. The second kappa shape index (κ2) is 6.86. The van der Waals surface area contributed by atoms with Gasteiger partial charge < -0.3 is 10.6 Å². The van der Waals surface area contributed by atoms with Crippen LogP contribution < -0.4 is 10.6 Å². The molecule has 1 aliphatic heterocycles. The normalized spacial score (nSPS) is 20.1. The molecule has 1 atom stereocenters. The third-order valence-corrected chi connectivity index (χ3v) is 3.72. The van der Waals surface area contributed by atoms with Gasteiger partial charge in [-0.25, -0.2) is 0 Å². The van der Waals surface area contributed by atoms with E-state index in [-0.39, 0.29) is 18.0 Å². The summed E-state index contributed by atoms with van der Waals surface area (Å²) in [5, 5.41) is 0. The van der Waals surface area contributed by atoms with Gasteiger partial charge in [0.2, 0.25) is 5.91 Å². The van der Waals surface area contributed by atoms with Crippen molar-refractivity contribution >= 4 is 11.6 Å². The number of carbonyl (C=O) groups excluding carboxylic acids is 1. The van der Waals surface area contributed by atoms with Crippen molar-refractivity contribution in [3.05, 3.63) is 30.3 Å². The first-order valence-electron chi connectivity index (χ1n) is 7.43. The zero-order chi connectivity index (χ0) is 14.5. The van der Waals surface area contributed by atoms with Gasteiger partial charge in [-0.05, 0) is 45.4 Å². The predicted molar refractivity (Wildman–Crippen MR) is 82.7 cm³/mol. The molecule has 110 valence electrons. The molecule has 0 saturated carbocycles. The number of nitrogens with two attached hydrogens (primary N) is 1. The zero-order valence-electron chi connectivity index (χ0n) is 12.5. The lowest BCUT2D eigenvalue weighted by atomic mass is 10.1. The number of nitrogens with zero attached hydrogens (tertiary/aromatic N) is 2. The number of likely N-dealkylation sites (tertiary alicyclic amines) is 1. The van der Waals surface area contributed by atoms with Gasteiger partial charge >= 0.3 is 0 Å². The van der Waals surface area contributed by atoms with E-state index in [1.54, 1.807) is 0 Å². The highest BCUT2D eigenvalue weighted by Crippen LogP contribution is 2.17. The number of para-hydroxylation sites is 1. The molecule has 1 heterocycles. The Morgan fingerprint density at radius 1 is 1.40 bits per heavy atom. The van der Waals surface area contributed by atoms with E-state index < -0.39 is 0 Å². The molecule has 20 heavy (non-hydrogen) atoms. The SMILES string of the molecule is CC(C)N(C(=O)CN1CCC[C@@H](N)C1)c1ccccc1. The van der Waals surface area contributed by atoms with Crippen LogP contribution in [0.15, 0.2) is 30.3 Å². The molecule has 4 nitrogen and oxygen atoms in total. The number of amides is 1. The van der Waals surface area contributed by atoms with Crippen LogP contribution in [0.1, 0.15) is 26.7 Å². The van der Waals surface area contributed by atoms with Gasteiger partial charge in [0, 0.05) is 24.3 Å². The maximum absolute atomic E-state index is 12.6. The Morgan fingerprint density at radius 2 is 2.10 bits per heavy atom. The highest BCUT2D eigenvalue weighted by atomic mass is 16.2. The highest BCUT2D eigenvalue weighted by Gasteiger charge is 2.24. The van der Waals surface area contributed by atoms with E-state index in [0.29, 0.717) is 6.54 Å². The fourth-order valence-electron chi connectivity index (χ4n) is 2.82. The first-order chi connectivity index (χ1) is 9.58. The molecule has 1 fully saturated rings. The molecular formula is C16H25N3O. The number of rotatable bonds is 4. The summed E-state index contributed by atoms with van der Waals surface area (Å²) < 4.78 is 0. The van der Waals surface area contributed by atoms with E-state index in [1.807, 2.05) is 49.1 Å². The molecule has 0 aromatic heterocycles. The van der Waals surface area contributed by atoms with Crippen LogP contribution in [0.4, 0.5) is 5.69 Å². The lowest BCUT2D eigenvalue weighted by Crippen LogP contribution is -2.49. The smallest absolute Gasteiger partial charge is 0.241 e. The zero-order valence-corrected chi connectivity index (χ0v) is 12.5. The van der Waals surface area contributed by atoms with Crippen LogP contribution in [0, 0.1) is 0 Å². The molecule has 4 heteroatoms. The summed E-state index contributed by atoms with van der Waals surface area (Å²) in [6.45, 7) is 6.35. The summed E-state index contributed by atoms with van der Waals surface area (Å²) in [6.07, 6.45) is 2.15. The fraction of sp³-hybridized carbons (Fsp3) is 0.562. The summed E-state index contributed by atoms with van der Waals surface area (Å²) in [7, 11) is 0. The Kier molecular flexibility index (Phi) is 5.15. The Bertz CT molecular complexity index is 433. The van der Waals surface area contributed by atoms with E-state index in [0.717, 1.165) is 31.6 Å². The third-order valence-electron chi connectivity index (χ3n) is 3.72. The van der Waals surface area contributed by atoms with Crippen molar-refractivity contribution in [3.63, 3.8) is 0 Å². The molecule has 0 spiro atoms. The Balaban J connectivity index is 2.04. The number of piperidine rings is 1. The third kappa shape index (κ3) is 3.81. The van der Waals surface area contributed by atoms with E-state index in [4.69, 9.17) is 5.73 Å². The van der Waals surface area contributed by atoms with Crippen molar-refractivity contribution in [2.75, 3.05) is 24.5 Å². The molecule has 0 aliphatic carbocycles. The van der Waals surface area contributed by atoms with Gasteiger partial charge in [0.15, 0.2) is 0 Å². The lowest BCUT2D eigenvalue weighted by molar-refractivity contribution is -0.120. The largest absolute Gasteiger partial charge is 0.327 e. The van der Waals surface area contributed by atoms with Gasteiger partial charge in [-0.2, -0.15) is 0 Å². The van der Waals surface area contributed by atoms with Crippen LogP contribution in [0.5, 0.6) is 0 Å².